The highest BCUT2D eigenvalue weighted by Gasteiger charge is 2.24. The number of aryl methyl sites for hydroxylation is 1. The van der Waals surface area contributed by atoms with Gasteiger partial charge in [0, 0.05) is 30.8 Å². The van der Waals surface area contributed by atoms with E-state index < -0.39 is 0 Å². The zero-order valence-electron chi connectivity index (χ0n) is 14.6. The van der Waals surface area contributed by atoms with E-state index in [4.69, 9.17) is 5.73 Å². The number of hydrogen-bond donors (Lipinski definition) is 2. The maximum Gasteiger partial charge on any atom is 0.253 e. The molecule has 0 bridgehead atoms. The highest BCUT2D eigenvalue weighted by atomic mass is 16.2. The largest absolute Gasteiger partial charge is 0.369 e. The van der Waals surface area contributed by atoms with Gasteiger partial charge < -0.3 is 16.0 Å². The van der Waals surface area contributed by atoms with Crippen LogP contribution in [0.25, 0.3) is 5.65 Å². The Morgan fingerprint density at radius 1 is 1.23 bits per heavy atom. The molecular weight excluding hydrogens is 330 g/mol. The fourth-order valence-electron chi connectivity index (χ4n) is 3.24. The van der Waals surface area contributed by atoms with E-state index in [1.165, 1.54) is 6.33 Å². The van der Waals surface area contributed by atoms with Crippen LogP contribution >= 0.6 is 0 Å². The van der Waals surface area contributed by atoms with E-state index >= 15 is 0 Å². The van der Waals surface area contributed by atoms with Crippen LogP contribution in [-0.4, -0.2) is 49.5 Å². The van der Waals surface area contributed by atoms with Crippen LogP contribution in [0.1, 0.15) is 28.8 Å². The second-order valence-electron chi connectivity index (χ2n) is 6.64. The minimum absolute atomic E-state index is 0.0932. The van der Waals surface area contributed by atoms with Gasteiger partial charge in [-0.25, -0.2) is 0 Å². The molecule has 8 heteroatoms. The van der Waals surface area contributed by atoms with Crippen molar-refractivity contribution in [2.45, 2.75) is 25.8 Å². The van der Waals surface area contributed by atoms with Crippen LogP contribution in [0.3, 0.4) is 0 Å². The van der Waals surface area contributed by atoms with E-state index in [0.29, 0.717) is 30.5 Å². The Hall–Kier alpha value is -3.16. The van der Waals surface area contributed by atoms with Crippen molar-refractivity contribution < 1.29 is 4.79 Å². The number of nitrogens with one attached hydrogen (secondary N) is 1. The van der Waals surface area contributed by atoms with E-state index in [9.17, 15) is 4.79 Å². The molecule has 3 aromatic rings. The SMILES string of the molecule is Cc1ccc(C(=O)N2CCC(Nc3cc4nncn4c(N)n3)CC2)cc1. The standard InChI is InChI=1S/C18H21N7O/c1-12-2-4-13(5-3-12)17(26)24-8-6-14(7-9-24)21-15-10-16-23-20-11-25(16)18(19)22-15/h2-5,10-11,14,21H,6-9H2,1H3,(H2,19,22). The Morgan fingerprint density at radius 2 is 1.96 bits per heavy atom. The summed E-state index contributed by atoms with van der Waals surface area (Å²) in [5.74, 6) is 1.13. The number of nitrogens with zero attached hydrogens (tertiary/aromatic N) is 5. The lowest BCUT2D eigenvalue weighted by Crippen LogP contribution is -2.42. The summed E-state index contributed by atoms with van der Waals surface area (Å²) in [6.45, 7) is 3.45. The molecule has 1 saturated heterocycles. The quantitative estimate of drug-likeness (QED) is 0.745. The van der Waals surface area contributed by atoms with Gasteiger partial charge >= 0.3 is 0 Å². The number of likely N-dealkylation sites (tertiary alicyclic amines) is 1. The van der Waals surface area contributed by atoms with Crippen LogP contribution in [0.4, 0.5) is 11.8 Å². The number of nitrogens with two attached hydrogens (primary N) is 1. The molecule has 26 heavy (non-hydrogen) atoms. The molecule has 0 unspecified atom stereocenters. The first-order valence-electron chi connectivity index (χ1n) is 8.69. The number of benzene rings is 1. The summed E-state index contributed by atoms with van der Waals surface area (Å²) in [6.07, 6.45) is 3.25. The maximum absolute atomic E-state index is 12.6. The zero-order chi connectivity index (χ0) is 18.1. The van der Waals surface area contributed by atoms with Gasteiger partial charge in [-0.3, -0.25) is 9.20 Å². The molecule has 4 rings (SSSR count). The van der Waals surface area contributed by atoms with Crippen molar-refractivity contribution in [3.05, 3.63) is 47.8 Å². The maximum atomic E-state index is 12.6. The fraction of sp³-hybridized carbons (Fsp3) is 0.333. The number of aromatic nitrogens is 4. The molecule has 0 spiro atoms. The fourth-order valence-corrected chi connectivity index (χ4v) is 3.24. The van der Waals surface area contributed by atoms with E-state index in [1.807, 2.05) is 42.2 Å². The normalized spacial score (nSPS) is 15.3. The van der Waals surface area contributed by atoms with Gasteiger partial charge in [0.15, 0.2) is 5.65 Å². The minimum Gasteiger partial charge on any atom is -0.369 e. The summed E-state index contributed by atoms with van der Waals surface area (Å²) in [5, 5.41) is 11.2. The van der Waals surface area contributed by atoms with E-state index in [-0.39, 0.29) is 11.9 Å². The van der Waals surface area contributed by atoms with Gasteiger partial charge in [0.1, 0.15) is 12.1 Å². The average molecular weight is 351 g/mol. The number of fused-ring (bicyclic) bond motifs is 1. The summed E-state index contributed by atoms with van der Waals surface area (Å²) in [4.78, 5) is 18.9. The van der Waals surface area contributed by atoms with Crippen molar-refractivity contribution in [1.29, 1.82) is 0 Å². The van der Waals surface area contributed by atoms with E-state index in [0.717, 1.165) is 24.0 Å². The van der Waals surface area contributed by atoms with E-state index in [1.54, 1.807) is 4.40 Å². The summed E-state index contributed by atoms with van der Waals surface area (Å²) in [5.41, 5.74) is 8.48. The van der Waals surface area contributed by atoms with Gasteiger partial charge in [-0.1, -0.05) is 17.7 Å². The van der Waals surface area contributed by atoms with Gasteiger partial charge in [-0.05, 0) is 31.9 Å². The van der Waals surface area contributed by atoms with Crippen LogP contribution in [-0.2, 0) is 0 Å². The molecule has 1 aliphatic heterocycles. The Balaban J connectivity index is 1.38. The van der Waals surface area contributed by atoms with Crippen LogP contribution in [0.15, 0.2) is 36.7 Å². The molecule has 3 heterocycles. The molecule has 8 nitrogen and oxygen atoms in total. The highest BCUT2D eigenvalue weighted by Crippen LogP contribution is 2.19. The molecule has 1 aliphatic rings. The van der Waals surface area contributed by atoms with Crippen molar-refractivity contribution in [1.82, 2.24) is 24.5 Å². The predicted octanol–water partition coefficient (Wildman–Crippen LogP) is 1.73. The molecular formula is C18H21N7O. The molecule has 134 valence electrons. The number of carbonyl (C=O) groups excluding carboxylic acids is 1. The Morgan fingerprint density at radius 3 is 2.69 bits per heavy atom. The topological polar surface area (TPSA) is 101 Å². The third-order valence-corrected chi connectivity index (χ3v) is 4.75. The monoisotopic (exact) mass is 351 g/mol. The zero-order valence-corrected chi connectivity index (χ0v) is 14.6. The Kier molecular flexibility index (Phi) is 4.16. The second-order valence-corrected chi connectivity index (χ2v) is 6.64. The van der Waals surface area contributed by atoms with Crippen LogP contribution in [0.2, 0.25) is 0 Å². The molecule has 0 aliphatic carbocycles. The molecule has 0 atom stereocenters. The second kappa shape index (κ2) is 6.62. The van der Waals surface area contributed by atoms with Gasteiger partial charge in [0.2, 0.25) is 5.95 Å². The predicted molar refractivity (Wildman–Crippen MR) is 98.9 cm³/mol. The number of amides is 1. The van der Waals surface area contributed by atoms with Crippen molar-refractivity contribution >= 4 is 23.3 Å². The third-order valence-electron chi connectivity index (χ3n) is 4.75. The molecule has 1 aromatic carbocycles. The number of hydrogen-bond acceptors (Lipinski definition) is 6. The van der Waals surface area contributed by atoms with Crippen molar-refractivity contribution in [2.24, 2.45) is 0 Å². The Bertz CT molecular complexity index is 926. The molecule has 2 aromatic heterocycles. The number of nitrogen functional groups attached to an aromatic ring is 1. The van der Waals surface area contributed by atoms with Gasteiger partial charge in [0.05, 0.1) is 0 Å². The van der Waals surface area contributed by atoms with Gasteiger partial charge in [-0.2, -0.15) is 4.98 Å². The average Bonchev–Trinajstić information content (AvgIpc) is 3.12. The van der Waals surface area contributed by atoms with Crippen LogP contribution in [0, 0.1) is 6.92 Å². The number of piperidine rings is 1. The van der Waals surface area contributed by atoms with Crippen LogP contribution < -0.4 is 11.1 Å². The van der Waals surface area contributed by atoms with E-state index in [2.05, 4.69) is 20.5 Å². The minimum atomic E-state index is 0.0932. The lowest BCUT2D eigenvalue weighted by molar-refractivity contribution is 0.0718. The summed E-state index contributed by atoms with van der Waals surface area (Å²) < 4.78 is 1.63. The van der Waals surface area contributed by atoms with Gasteiger partial charge in [0.25, 0.3) is 5.91 Å². The lowest BCUT2D eigenvalue weighted by atomic mass is 10.0. The molecule has 0 radical (unpaired) electrons. The van der Waals surface area contributed by atoms with Crippen LogP contribution in [0.5, 0.6) is 0 Å². The van der Waals surface area contributed by atoms with Crippen molar-refractivity contribution in [3.8, 4) is 0 Å². The number of rotatable bonds is 3. The van der Waals surface area contributed by atoms with Crippen molar-refractivity contribution in [3.63, 3.8) is 0 Å². The first kappa shape index (κ1) is 16.3. The smallest absolute Gasteiger partial charge is 0.253 e. The molecule has 1 amide bonds. The Labute approximate surface area is 151 Å². The number of anilines is 2. The molecule has 3 N–H and O–H groups in total. The molecule has 0 saturated carbocycles. The number of carbonyl (C=O) groups is 1. The lowest BCUT2D eigenvalue weighted by Gasteiger charge is -2.32. The highest BCUT2D eigenvalue weighted by molar-refractivity contribution is 5.94. The summed E-state index contributed by atoms with van der Waals surface area (Å²) in [6, 6.07) is 9.79. The first-order chi connectivity index (χ1) is 12.6. The molecule has 1 fully saturated rings. The third kappa shape index (κ3) is 3.17. The van der Waals surface area contributed by atoms with Gasteiger partial charge in [-0.15, -0.1) is 10.2 Å². The summed E-state index contributed by atoms with van der Waals surface area (Å²) in [7, 11) is 0. The van der Waals surface area contributed by atoms with Crippen molar-refractivity contribution in [2.75, 3.05) is 24.1 Å². The summed E-state index contributed by atoms with van der Waals surface area (Å²) >= 11 is 0. The first-order valence-corrected chi connectivity index (χ1v) is 8.69.